The number of halogens is 1. The van der Waals surface area contributed by atoms with Gasteiger partial charge in [0.2, 0.25) is 11.4 Å². The number of nitrogens with two attached hydrogens (primary N) is 1. The number of esters is 1. The van der Waals surface area contributed by atoms with E-state index in [-0.39, 0.29) is 38.3 Å². The quantitative estimate of drug-likeness (QED) is 0.108. The van der Waals surface area contributed by atoms with Crippen LogP contribution >= 0.6 is 22.9 Å². The van der Waals surface area contributed by atoms with E-state index in [2.05, 4.69) is 29.4 Å². The smallest absolute Gasteiger partial charge is 0.338 e. The van der Waals surface area contributed by atoms with Gasteiger partial charge >= 0.3 is 11.9 Å². The van der Waals surface area contributed by atoms with Gasteiger partial charge < -0.3 is 20.9 Å². The van der Waals surface area contributed by atoms with Gasteiger partial charge in [-0.2, -0.15) is 0 Å². The summed E-state index contributed by atoms with van der Waals surface area (Å²) in [6.07, 6.45) is 0.549. The van der Waals surface area contributed by atoms with Crippen molar-refractivity contribution in [2.24, 2.45) is 10.7 Å². The molecule has 46 heavy (non-hydrogen) atoms. The molecule has 13 heteroatoms. The van der Waals surface area contributed by atoms with Crippen LogP contribution in [0, 0.1) is 20.8 Å². The highest BCUT2D eigenvalue weighted by molar-refractivity contribution is 7.15. The van der Waals surface area contributed by atoms with Gasteiger partial charge in [-0.15, -0.1) is 21.5 Å². The number of hydrogen-bond donors (Lipinski definition) is 3. The van der Waals surface area contributed by atoms with Gasteiger partial charge in [0, 0.05) is 27.6 Å². The highest BCUT2D eigenvalue weighted by Crippen LogP contribution is 2.39. The zero-order chi connectivity index (χ0) is 33.0. The molecule has 240 valence electrons. The van der Waals surface area contributed by atoms with Gasteiger partial charge in [-0.25, -0.2) is 9.59 Å². The number of aromatic nitrogens is 3. The maximum Gasteiger partial charge on any atom is 0.338 e. The van der Waals surface area contributed by atoms with E-state index in [0.29, 0.717) is 23.1 Å². The van der Waals surface area contributed by atoms with Crippen LogP contribution in [0.3, 0.4) is 0 Å². The SMILES string of the molecule is Cc1sc2c(c1C)C(c1ccc(Cl)cc1)=N[C@@H](CC(=O)NCCCC[C@](N)(C(=O)O)C(=O)OCc1ccccc1)c1nnc(C)n1-2. The normalized spacial score (nSPS) is 15.2. The van der Waals surface area contributed by atoms with Crippen LogP contribution in [0.2, 0.25) is 5.02 Å². The van der Waals surface area contributed by atoms with Crippen molar-refractivity contribution in [3.8, 4) is 5.00 Å². The highest BCUT2D eigenvalue weighted by atomic mass is 35.5. The number of carboxylic acid groups (broad SMARTS) is 1. The average molecular weight is 663 g/mol. The molecule has 0 unspecified atom stereocenters. The first-order chi connectivity index (χ1) is 22.0. The second-order valence-electron chi connectivity index (χ2n) is 11.3. The first-order valence-electron chi connectivity index (χ1n) is 14.9. The summed E-state index contributed by atoms with van der Waals surface area (Å²) in [5.41, 5.74) is 8.22. The van der Waals surface area contributed by atoms with E-state index in [0.717, 1.165) is 37.8 Å². The number of rotatable bonds is 12. The third-order valence-corrected chi connectivity index (χ3v) is 9.46. The summed E-state index contributed by atoms with van der Waals surface area (Å²) in [5.74, 6) is -1.46. The molecule has 1 aliphatic rings. The number of ether oxygens (including phenoxy) is 1. The lowest BCUT2D eigenvalue weighted by Crippen LogP contribution is -2.55. The number of fused-ring (bicyclic) bond motifs is 3. The molecule has 4 N–H and O–H groups in total. The van der Waals surface area contributed by atoms with Gasteiger partial charge in [0.25, 0.3) is 0 Å². The van der Waals surface area contributed by atoms with E-state index < -0.39 is 23.5 Å². The van der Waals surface area contributed by atoms with Crippen molar-refractivity contribution in [1.29, 1.82) is 0 Å². The number of carboxylic acids is 1. The van der Waals surface area contributed by atoms with Crippen molar-refractivity contribution in [3.63, 3.8) is 0 Å². The molecular formula is C33H35ClN6O5S. The van der Waals surface area contributed by atoms with E-state index in [1.165, 1.54) is 0 Å². The summed E-state index contributed by atoms with van der Waals surface area (Å²) in [5, 5.41) is 22.9. The molecule has 0 bridgehead atoms. The lowest BCUT2D eigenvalue weighted by Gasteiger charge is -2.22. The number of aryl methyl sites for hydroxylation is 2. The monoisotopic (exact) mass is 662 g/mol. The highest BCUT2D eigenvalue weighted by Gasteiger charge is 2.43. The summed E-state index contributed by atoms with van der Waals surface area (Å²) in [6.45, 7) is 6.18. The number of aliphatic carboxylic acids is 1. The standard InChI is InChI=1S/C33H35ClN6O5S/c1-19-20(2)46-30-27(19)28(23-11-13-24(34)14-12-23)37-25(29-39-38-21(3)40(29)30)17-26(41)36-16-8-7-15-33(35,31(42)43)32(44)45-18-22-9-5-4-6-10-22/h4-6,9-14,25H,7-8,15-18,35H2,1-3H3,(H,36,41)(H,42,43)/t25-,33-/m0/s1. The van der Waals surface area contributed by atoms with Crippen LogP contribution < -0.4 is 11.1 Å². The molecular weight excluding hydrogens is 628 g/mol. The first kappa shape index (κ1) is 33.0. The maximum atomic E-state index is 13.2. The molecule has 1 amide bonds. The number of nitrogens with one attached hydrogen (secondary N) is 1. The average Bonchev–Trinajstić information content (AvgIpc) is 3.52. The molecule has 2 atom stereocenters. The summed E-state index contributed by atoms with van der Waals surface area (Å²) in [7, 11) is 0. The van der Waals surface area contributed by atoms with Crippen LogP contribution in [0.15, 0.2) is 59.6 Å². The number of unbranched alkanes of at least 4 members (excludes halogenated alkanes) is 1. The molecule has 1 aliphatic heterocycles. The summed E-state index contributed by atoms with van der Waals surface area (Å²) < 4.78 is 7.19. The lowest BCUT2D eigenvalue weighted by molar-refractivity contribution is -0.162. The molecule has 4 aromatic rings. The van der Waals surface area contributed by atoms with Crippen molar-refractivity contribution >= 4 is 46.5 Å². The van der Waals surface area contributed by atoms with Crippen molar-refractivity contribution in [2.45, 2.75) is 64.6 Å². The second-order valence-corrected chi connectivity index (χ2v) is 12.9. The van der Waals surface area contributed by atoms with E-state index in [4.69, 9.17) is 27.1 Å². The Bertz CT molecular complexity index is 1790. The third-order valence-electron chi connectivity index (χ3n) is 8.01. The lowest BCUT2D eigenvalue weighted by atomic mass is 9.94. The molecule has 0 spiro atoms. The molecule has 0 saturated heterocycles. The minimum absolute atomic E-state index is 0.0178. The predicted octanol–water partition coefficient (Wildman–Crippen LogP) is 5.00. The first-order valence-corrected chi connectivity index (χ1v) is 16.1. The fraction of sp³-hybridized carbons (Fsp3) is 0.333. The summed E-state index contributed by atoms with van der Waals surface area (Å²) >= 11 is 7.82. The Labute approximate surface area is 275 Å². The molecule has 2 aromatic heterocycles. The number of benzene rings is 2. The largest absolute Gasteiger partial charge is 0.479 e. The van der Waals surface area contributed by atoms with Gasteiger partial charge in [0.1, 0.15) is 23.5 Å². The zero-order valence-corrected chi connectivity index (χ0v) is 27.3. The second kappa shape index (κ2) is 13.9. The van der Waals surface area contributed by atoms with Crippen LogP contribution in [-0.4, -0.2) is 55.5 Å². The Morgan fingerprint density at radius 1 is 1.07 bits per heavy atom. The Kier molecular flexibility index (Phi) is 10.00. The van der Waals surface area contributed by atoms with Crippen molar-refractivity contribution in [2.75, 3.05) is 6.54 Å². The van der Waals surface area contributed by atoms with Crippen LogP contribution in [0.5, 0.6) is 0 Å². The Hall–Kier alpha value is -4.39. The van der Waals surface area contributed by atoms with E-state index in [1.807, 2.05) is 41.8 Å². The van der Waals surface area contributed by atoms with Crippen molar-refractivity contribution in [3.05, 3.63) is 98.4 Å². The Morgan fingerprint density at radius 3 is 2.48 bits per heavy atom. The van der Waals surface area contributed by atoms with E-state index in [1.54, 1.807) is 35.6 Å². The summed E-state index contributed by atoms with van der Waals surface area (Å²) in [4.78, 5) is 44.0. The number of thiophene rings is 1. The molecule has 2 aromatic carbocycles. The third kappa shape index (κ3) is 6.88. The topological polar surface area (TPSA) is 162 Å². The van der Waals surface area contributed by atoms with E-state index >= 15 is 0 Å². The van der Waals surface area contributed by atoms with Crippen LogP contribution in [0.1, 0.15) is 70.5 Å². The molecule has 5 rings (SSSR count). The molecule has 0 radical (unpaired) electrons. The number of hydrogen-bond acceptors (Lipinski definition) is 9. The number of amides is 1. The maximum absolute atomic E-state index is 13.2. The van der Waals surface area contributed by atoms with Crippen LogP contribution in [0.25, 0.3) is 5.00 Å². The fourth-order valence-corrected chi connectivity index (χ4v) is 6.63. The Balaban J connectivity index is 1.25. The molecule has 0 aliphatic carbocycles. The predicted molar refractivity (Wildman–Crippen MR) is 176 cm³/mol. The van der Waals surface area contributed by atoms with Gasteiger partial charge in [0.15, 0.2) is 5.82 Å². The molecule has 0 fully saturated rings. The minimum atomic E-state index is -2.19. The van der Waals surface area contributed by atoms with Crippen molar-refractivity contribution in [1.82, 2.24) is 20.1 Å². The fourth-order valence-electron chi connectivity index (χ4n) is 5.29. The number of carbonyl (C=O) groups excluding carboxylic acids is 2. The molecule has 3 heterocycles. The van der Waals surface area contributed by atoms with Gasteiger partial charge in [0.05, 0.1) is 12.1 Å². The van der Waals surface area contributed by atoms with Gasteiger partial charge in [-0.3, -0.25) is 14.4 Å². The van der Waals surface area contributed by atoms with Gasteiger partial charge in [-0.1, -0.05) is 54.1 Å². The molecule has 11 nitrogen and oxygen atoms in total. The molecule has 0 saturated carbocycles. The van der Waals surface area contributed by atoms with Crippen molar-refractivity contribution < 1.29 is 24.2 Å². The van der Waals surface area contributed by atoms with E-state index in [9.17, 15) is 19.5 Å². The van der Waals surface area contributed by atoms with Gasteiger partial charge in [-0.05, 0) is 63.3 Å². The number of carbonyl (C=O) groups is 3. The summed E-state index contributed by atoms with van der Waals surface area (Å²) in [6, 6.07) is 15.8. The number of aliphatic imine (C=N–C) groups is 1. The van der Waals surface area contributed by atoms with Crippen LogP contribution in [-0.2, 0) is 25.7 Å². The zero-order valence-electron chi connectivity index (χ0n) is 25.7. The Morgan fingerprint density at radius 2 is 1.78 bits per heavy atom. The van der Waals surface area contributed by atoms with Crippen LogP contribution in [0.4, 0.5) is 0 Å². The minimum Gasteiger partial charge on any atom is -0.479 e. The number of nitrogens with zero attached hydrogens (tertiary/aromatic N) is 4.